The monoisotopic (exact) mass is 410 g/mol. The predicted molar refractivity (Wildman–Crippen MR) is 105 cm³/mol. The van der Waals surface area contributed by atoms with Gasteiger partial charge in [-0.25, -0.2) is 0 Å². The highest BCUT2D eigenvalue weighted by Gasteiger charge is 2.46. The molecule has 1 saturated heterocycles. The van der Waals surface area contributed by atoms with Crippen molar-refractivity contribution in [3.63, 3.8) is 0 Å². The van der Waals surface area contributed by atoms with Crippen molar-refractivity contribution in [3.8, 4) is 17.1 Å². The Balaban J connectivity index is 1.27. The van der Waals surface area contributed by atoms with Crippen molar-refractivity contribution in [2.24, 2.45) is 11.8 Å². The van der Waals surface area contributed by atoms with Crippen LogP contribution in [-0.2, 0) is 20.9 Å². The highest BCUT2D eigenvalue weighted by Crippen LogP contribution is 2.35. The highest BCUT2D eigenvalue weighted by molar-refractivity contribution is 6.05. The molecule has 1 N–H and O–H groups in total. The number of carbonyl (C=O) groups excluding carboxylic acids is 3. The lowest BCUT2D eigenvalue weighted by atomic mass is 9.85. The second-order valence-electron chi connectivity index (χ2n) is 7.25. The van der Waals surface area contributed by atoms with Crippen LogP contribution in [0.4, 0.5) is 0 Å². The molecule has 2 heterocycles. The van der Waals surface area contributed by atoms with Crippen LogP contribution < -0.4 is 10.1 Å². The molecule has 1 fully saturated rings. The zero-order valence-electron chi connectivity index (χ0n) is 16.5. The second kappa shape index (κ2) is 8.48. The molecule has 9 heteroatoms. The maximum atomic E-state index is 12.4. The number of methoxy groups -OCH3 is 1. The number of allylic oxidation sites excluding steroid dienone is 2. The Morgan fingerprint density at radius 1 is 1.17 bits per heavy atom. The number of carbonyl (C=O) groups is 3. The maximum Gasteiger partial charge on any atom is 0.246 e. The molecule has 1 aliphatic carbocycles. The first-order chi connectivity index (χ1) is 14.6. The number of hydrogen-bond acceptors (Lipinski definition) is 7. The van der Waals surface area contributed by atoms with Crippen LogP contribution in [0.1, 0.15) is 25.2 Å². The Morgan fingerprint density at radius 2 is 1.83 bits per heavy atom. The lowest BCUT2D eigenvalue weighted by molar-refractivity contribution is -0.140. The van der Waals surface area contributed by atoms with Crippen LogP contribution >= 0.6 is 0 Å². The molecule has 2 aliphatic rings. The molecular formula is C21H22N4O5. The SMILES string of the molecule is COc1ccc(-c2noc(CNC(=O)CCN3C(=O)[C@H]4CC=CC[C@@H]4C3=O)n2)cc1. The molecule has 9 nitrogen and oxygen atoms in total. The summed E-state index contributed by atoms with van der Waals surface area (Å²) in [5, 5.41) is 6.59. The average Bonchev–Trinajstić information content (AvgIpc) is 3.35. The summed E-state index contributed by atoms with van der Waals surface area (Å²) in [4.78, 5) is 42.5. The van der Waals surface area contributed by atoms with Crippen molar-refractivity contribution in [1.82, 2.24) is 20.4 Å². The number of nitrogens with one attached hydrogen (secondary N) is 1. The van der Waals surface area contributed by atoms with E-state index in [1.54, 1.807) is 19.2 Å². The van der Waals surface area contributed by atoms with Crippen molar-refractivity contribution in [2.45, 2.75) is 25.8 Å². The van der Waals surface area contributed by atoms with Crippen LogP contribution in [0.15, 0.2) is 40.9 Å². The first-order valence-corrected chi connectivity index (χ1v) is 9.80. The Labute approximate surface area is 173 Å². The van der Waals surface area contributed by atoms with Gasteiger partial charge in [-0.2, -0.15) is 4.98 Å². The van der Waals surface area contributed by atoms with Gasteiger partial charge in [0, 0.05) is 18.5 Å². The molecule has 0 radical (unpaired) electrons. The van der Waals surface area contributed by atoms with E-state index in [1.165, 1.54) is 4.90 Å². The van der Waals surface area contributed by atoms with Gasteiger partial charge in [-0.3, -0.25) is 19.3 Å². The van der Waals surface area contributed by atoms with Gasteiger partial charge in [-0.1, -0.05) is 17.3 Å². The summed E-state index contributed by atoms with van der Waals surface area (Å²) in [6.45, 7) is 0.149. The minimum absolute atomic E-state index is 0.0316. The molecule has 2 aromatic rings. The summed E-state index contributed by atoms with van der Waals surface area (Å²) in [6, 6.07) is 7.20. The van der Waals surface area contributed by atoms with Gasteiger partial charge in [-0.05, 0) is 37.1 Å². The molecule has 156 valence electrons. The number of rotatable bonds is 7. The lowest BCUT2D eigenvalue weighted by Gasteiger charge is -2.14. The predicted octanol–water partition coefficient (Wildman–Crippen LogP) is 1.70. The summed E-state index contributed by atoms with van der Waals surface area (Å²) in [5.74, 6) is 0.186. The molecule has 4 rings (SSSR count). The van der Waals surface area contributed by atoms with Gasteiger partial charge in [0.15, 0.2) is 0 Å². The average molecular weight is 410 g/mol. The third-order valence-electron chi connectivity index (χ3n) is 5.41. The van der Waals surface area contributed by atoms with Crippen molar-refractivity contribution in [2.75, 3.05) is 13.7 Å². The zero-order chi connectivity index (χ0) is 21.1. The minimum atomic E-state index is -0.298. The standard InChI is InChI=1S/C21H22N4O5/c1-29-14-8-6-13(7-9-14)19-23-18(30-24-19)12-22-17(26)10-11-25-20(27)15-4-2-3-5-16(15)21(25)28/h2-3,6-9,15-16H,4-5,10-12H2,1H3,(H,22,26)/t15-,16-/m0/s1. The van der Waals surface area contributed by atoms with Crippen LogP contribution in [0.5, 0.6) is 5.75 Å². The van der Waals surface area contributed by atoms with E-state index in [2.05, 4.69) is 15.5 Å². The van der Waals surface area contributed by atoms with Crippen molar-refractivity contribution >= 4 is 17.7 Å². The van der Waals surface area contributed by atoms with E-state index in [-0.39, 0.29) is 55.0 Å². The van der Waals surface area contributed by atoms with Gasteiger partial charge in [0.1, 0.15) is 5.75 Å². The van der Waals surface area contributed by atoms with Crippen molar-refractivity contribution in [3.05, 3.63) is 42.3 Å². The van der Waals surface area contributed by atoms with Crippen LogP contribution in [0, 0.1) is 11.8 Å². The van der Waals surface area contributed by atoms with Gasteiger partial charge in [0.25, 0.3) is 0 Å². The Morgan fingerprint density at radius 3 is 2.47 bits per heavy atom. The first kappa shape index (κ1) is 19.8. The van der Waals surface area contributed by atoms with Gasteiger partial charge in [0.2, 0.25) is 29.4 Å². The molecule has 1 aromatic carbocycles. The van der Waals surface area contributed by atoms with Gasteiger partial charge >= 0.3 is 0 Å². The smallest absolute Gasteiger partial charge is 0.246 e. The third-order valence-corrected chi connectivity index (χ3v) is 5.41. The Kier molecular flexibility index (Phi) is 5.60. The fourth-order valence-corrected chi connectivity index (χ4v) is 3.75. The summed E-state index contributed by atoms with van der Waals surface area (Å²) in [5.41, 5.74) is 0.763. The first-order valence-electron chi connectivity index (χ1n) is 9.80. The molecule has 0 spiro atoms. The van der Waals surface area contributed by atoms with Crippen molar-refractivity contribution < 1.29 is 23.6 Å². The number of hydrogen-bond donors (Lipinski definition) is 1. The quantitative estimate of drug-likeness (QED) is 0.546. The summed E-state index contributed by atoms with van der Waals surface area (Å²) in [6.07, 6.45) is 5.08. The molecule has 0 saturated carbocycles. The Bertz CT molecular complexity index is 956. The molecule has 0 bridgehead atoms. The summed E-state index contributed by atoms with van der Waals surface area (Å²) >= 11 is 0. The fraction of sp³-hybridized carbons (Fsp3) is 0.381. The third kappa shape index (κ3) is 3.96. The lowest BCUT2D eigenvalue weighted by Crippen LogP contribution is -2.35. The molecule has 2 atom stereocenters. The normalized spacial score (nSPS) is 20.4. The second-order valence-corrected chi connectivity index (χ2v) is 7.25. The molecule has 3 amide bonds. The van der Waals surface area contributed by atoms with E-state index in [0.29, 0.717) is 18.7 Å². The number of ether oxygens (including phenoxy) is 1. The number of fused-ring (bicyclic) bond motifs is 1. The highest BCUT2D eigenvalue weighted by atomic mass is 16.5. The van der Waals surface area contributed by atoms with E-state index in [1.807, 2.05) is 24.3 Å². The molecular weight excluding hydrogens is 388 g/mol. The van der Waals surface area contributed by atoms with Crippen LogP contribution in [0.2, 0.25) is 0 Å². The van der Waals surface area contributed by atoms with E-state index in [4.69, 9.17) is 9.26 Å². The summed E-state index contributed by atoms with van der Waals surface area (Å²) in [7, 11) is 1.59. The van der Waals surface area contributed by atoms with E-state index in [0.717, 1.165) is 11.3 Å². The number of aromatic nitrogens is 2. The number of benzene rings is 1. The van der Waals surface area contributed by atoms with Crippen LogP contribution in [0.25, 0.3) is 11.4 Å². The Hall–Kier alpha value is -3.49. The summed E-state index contributed by atoms with van der Waals surface area (Å²) < 4.78 is 10.3. The topological polar surface area (TPSA) is 115 Å². The number of likely N-dealkylation sites (tertiary alicyclic amines) is 1. The number of amides is 3. The van der Waals surface area contributed by atoms with Crippen LogP contribution in [-0.4, -0.2) is 46.4 Å². The molecule has 1 aliphatic heterocycles. The number of imide groups is 1. The van der Waals surface area contributed by atoms with Crippen molar-refractivity contribution in [1.29, 1.82) is 0 Å². The van der Waals surface area contributed by atoms with Crippen LogP contribution in [0.3, 0.4) is 0 Å². The largest absolute Gasteiger partial charge is 0.497 e. The van der Waals surface area contributed by atoms with E-state index >= 15 is 0 Å². The van der Waals surface area contributed by atoms with E-state index < -0.39 is 0 Å². The molecule has 1 aromatic heterocycles. The minimum Gasteiger partial charge on any atom is -0.497 e. The van der Waals surface area contributed by atoms with Gasteiger partial charge in [0.05, 0.1) is 25.5 Å². The van der Waals surface area contributed by atoms with Gasteiger partial charge < -0.3 is 14.6 Å². The molecule has 0 unspecified atom stereocenters. The zero-order valence-corrected chi connectivity index (χ0v) is 16.5. The molecule has 30 heavy (non-hydrogen) atoms. The maximum absolute atomic E-state index is 12.4. The van der Waals surface area contributed by atoms with E-state index in [9.17, 15) is 14.4 Å². The fourth-order valence-electron chi connectivity index (χ4n) is 3.75. The number of nitrogens with zero attached hydrogens (tertiary/aromatic N) is 3. The van der Waals surface area contributed by atoms with Gasteiger partial charge in [-0.15, -0.1) is 0 Å².